The van der Waals surface area contributed by atoms with Gasteiger partial charge in [0.2, 0.25) is 5.89 Å². The van der Waals surface area contributed by atoms with E-state index in [1.54, 1.807) is 6.92 Å². The molecule has 0 aliphatic carbocycles. The maximum absolute atomic E-state index is 11.3. The first-order valence-corrected chi connectivity index (χ1v) is 7.51. The lowest BCUT2D eigenvalue weighted by atomic mass is 10.1. The maximum atomic E-state index is 11.3. The third-order valence-corrected chi connectivity index (χ3v) is 4.24. The highest BCUT2D eigenvalue weighted by molar-refractivity contribution is 7.90. The molecule has 1 heterocycles. The average molecular weight is 261 g/mol. The molecule has 6 nitrogen and oxygen atoms in total. The predicted molar refractivity (Wildman–Crippen MR) is 64.1 cm³/mol. The number of nitrogens with zero attached hydrogens (tertiary/aromatic N) is 2. The Morgan fingerprint density at radius 2 is 2.06 bits per heavy atom. The van der Waals surface area contributed by atoms with Crippen LogP contribution in [0.15, 0.2) is 4.52 Å². The molecule has 0 radical (unpaired) electrons. The van der Waals surface area contributed by atoms with Gasteiger partial charge in [-0.15, -0.1) is 0 Å². The summed E-state index contributed by atoms with van der Waals surface area (Å²) >= 11 is 0. The zero-order chi connectivity index (χ0) is 13.1. The monoisotopic (exact) mass is 261 g/mol. The number of aryl methyl sites for hydroxylation is 1. The van der Waals surface area contributed by atoms with Crippen molar-refractivity contribution in [3.8, 4) is 0 Å². The Morgan fingerprint density at radius 3 is 2.59 bits per heavy atom. The first-order valence-electron chi connectivity index (χ1n) is 5.56. The highest BCUT2D eigenvalue weighted by atomic mass is 32.2. The van der Waals surface area contributed by atoms with Gasteiger partial charge in [-0.25, -0.2) is 8.42 Å². The van der Waals surface area contributed by atoms with Crippen molar-refractivity contribution in [2.45, 2.75) is 31.9 Å². The molecule has 2 N–H and O–H groups in total. The minimum absolute atomic E-state index is 0.225. The van der Waals surface area contributed by atoms with Crippen LogP contribution < -0.4 is 5.73 Å². The lowest BCUT2D eigenvalue weighted by Gasteiger charge is -2.04. The second-order valence-corrected chi connectivity index (χ2v) is 6.76. The molecule has 2 atom stereocenters. The molecule has 0 aliphatic rings. The van der Waals surface area contributed by atoms with E-state index >= 15 is 0 Å². The Hall–Kier alpha value is -0.950. The van der Waals surface area contributed by atoms with E-state index in [0.717, 1.165) is 12.7 Å². The number of rotatable bonds is 6. The van der Waals surface area contributed by atoms with E-state index in [9.17, 15) is 8.42 Å². The Balaban J connectivity index is 2.66. The fourth-order valence-corrected chi connectivity index (χ4v) is 1.69. The van der Waals surface area contributed by atoms with Gasteiger partial charge in [0.05, 0.1) is 0 Å². The van der Waals surface area contributed by atoms with Crippen LogP contribution in [0.2, 0.25) is 0 Å². The zero-order valence-electron chi connectivity index (χ0n) is 10.4. The minimum atomic E-state index is -3.18. The largest absolute Gasteiger partial charge is 0.339 e. The van der Waals surface area contributed by atoms with Gasteiger partial charge < -0.3 is 10.3 Å². The molecule has 0 saturated heterocycles. The van der Waals surface area contributed by atoms with Crippen LogP contribution in [0.5, 0.6) is 0 Å². The highest BCUT2D eigenvalue weighted by Gasteiger charge is 2.23. The smallest absolute Gasteiger partial charge is 0.226 e. The van der Waals surface area contributed by atoms with Gasteiger partial charge in [-0.2, -0.15) is 4.98 Å². The molecule has 0 saturated carbocycles. The quantitative estimate of drug-likeness (QED) is 0.809. The minimum Gasteiger partial charge on any atom is -0.339 e. The van der Waals surface area contributed by atoms with Crippen molar-refractivity contribution >= 4 is 9.84 Å². The van der Waals surface area contributed by atoms with Gasteiger partial charge in [0.1, 0.15) is 5.25 Å². The summed E-state index contributed by atoms with van der Waals surface area (Å²) < 4.78 is 27.6. The summed E-state index contributed by atoms with van der Waals surface area (Å²) in [6.07, 6.45) is 2.64. The molecular weight excluding hydrogens is 242 g/mol. The summed E-state index contributed by atoms with van der Waals surface area (Å²) in [5.41, 5.74) is 5.50. The highest BCUT2D eigenvalue weighted by Crippen LogP contribution is 2.18. The summed E-state index contributed by atoms with van der Waals surface area (Å²) in [6, 6.07) is 0. The summed E-state index contributed by atoms with van der Waals surface area (Å²) in [4.78, 5) is 4.09. The fraction of sp³-hybridized carbons (Fsp3) is 0.800. The van der Waals surface area contributed by atoms with Crippen LogP contribution in [0.1, 0.15) is 37.2 Å². The maximum Gasteiger partial charge on any atom is 0.226 e. The van der Waals surface area contributed by atoms with Crippen LogP contribution in [0, 0.1) is 5.92 Å². The Morgan fingerprint density at radius 1 is 1.41 bits per heavy atom. The zero-order valence-corrected chi connectivity index (χ0v) is 11.2. The van der Waals surface area contributed by atoms with Crippen LogP contribution in [-0.2, 0) is 16.3 Å². The molecule has 0 amide bonds. The van der Waals surface area contributed by atoms with E-state index in [1.807, 2.05) is 6.92 Å². The van der Waals surface area contributed by atoms with Crippen LogP contribution in [0.4, 0.5) is 0 Å². The molecule has 0 bridgehead atoms. The summed E-state index contributed by atoms with van der Waals surface area (Å²) in [7, 11) is -3.18. The second-order valence-electron chi connectivity index (χ2n) is 4.40. The van der Waals surface area contributed by atoms with Gasteiger partial charge in [0.15, 0.2) is 15.7 Å². The van der Waals surface area contributed by atoms with E-state index in [2.05, 4.69) is 10.1 Å². The molecule has 2 unspecified atom stereocenters. The second kappa shape index (κ2) is 5.59. The predicted octanol–water partition coefficient (Wildman–Crippen LogP) is 0.703. The molecule has 1 aromatic heterocycles. The fourth-order valence-electron chi connectivity index (χ4n) is 1.21. The topological polar surface area (TPSA) is 99.1 Å². The normalized spacial score (nSPS) is 15.8. The first-order chi connectivity index (χ1) is 7.84. The van der Waals surface area contributed by atoms with Crippen molar-refractivity contribution in [2.75, 3.05) is 12.8 Å². The van der Waals surface area contributed by atoms with Gasteiger partial charge in [-0.3, -0.25) is 0 Å². The van der Waals surface area contributed by atoms with Crippen molar-refractivity contribution in [2.24, 2.45) is 11.7 Å². The van der Waals surface area contributed by atoms with E-state index in [4.69, 9.17) is 10.3 Å². The molecule has 17 heavy (non-hydrogen) atoms. The van der Waals surface area contributed by atoms with Crippen LogP contribution >= 0.6 is 0 Å². The summed E-state index contributed by atoms with van der Waals surface area (Å²) in [5, 5.41) is 2.96. The van der Waals surface area contributed by atoms with Gasteiger partial charge >= 0.3 is 0 Å². The first kappa shape index (κ1) is 14.1. The SMILES string of the molecule is CC(CN)CCc1nc(C(C)S(C)(=O)=O)no1. The lowest BCUT2D eigenvalue weighted by molar-refractivity contribution is 0.361. The number of aromatic nitrogens is 2. The van der Waals surface area contributed by atoms with Gasteiger partial charge in [0, 0.05) is 12.7 Å². The third-order valence-electron chi connectivity index (χ3n) is 2.74. The average Bonchev–Trinajstić information content (AvgIpc) is 2.71. The van der Waals surface area contributed by atoms with E-state index < -0.39 is 15.1 Å². The third kappa shape index (κ3) is 4.08. The Bertz CT molecular complexity index is 455. The molecule has 1 rings (SSSR count). The van der Waals surface area contributed by atoms with Gasteiger partial charge in [-0.05, 0) is 25.8 Å². The Kier molecular flexibility index (Phi) is 4.64. The summed E-state index contributed by atoms with van der Waals surface area (Å²) in [6.45, 7) is 4.20. The lowest BCUT2D eigenvalue weighted by Crippen LogP contribution is -2.11. The van der Waals surface area contributed by atoms with Crippen molar-refractivity contribution in [3.05, 3.63) is 11.7 Å². The van der Waals surface area contributed by atoms with Gasteiger partial charge in [0.25, 0.3) is 0 Å². The van der Waals surface area contributed by atoms with Crippen LogP contribution in [0.25, 0.3) is 0 Å². The molecule has 1 aromatic rings. The molecule has 98 valence electrons. The van der Waals surface area contributed by atoms with Crippen molar-refractivity contribution < 1.29 is 12.9 Å². The van der Waals surface area contributed by atoms with E-state index in [0.29, 0.717) is 24.8 Å². The standard InChI is InChI=1S/C10H19N3O3S/c1-7(6-11)4-5-9-12-10(13-16-9)8(2)17(3,14)15/h7-8H,4-6,11H2,1-3H3. The number of hydrogen-bond acceptors (Lipinski definition) is 6. The molecule has 7 heteroatoms. The molecule has 0 spiro atoms. The van der Waals surface area contributed by atoms with Crippen LogP contribution in [0.3, 0.4) is 0 Å². The number of sulfone groups is 1. The van der Waals surface area contributed by atoms with Crippen molar-refractivity contribution in [3.63, 3.8) is 0 Å². The van der Waals surface area contributed by atoms with Crippen molar-refractivity contribution in [1.82, 2.24) is 10.1 Å². The molecular formula is C10H19N3O3S. The van der Waals surface area contributed by atoms with Crippen molar-refractivity contribution in [1.29, 1.82) is 0 Å². The molecule has 0 fully saturated rings. The molecule has 0 aliphatic heterocycles. The summed E-state index contributed by atoms with van der Waals surface area (Å²) in [5.74, 6) is 1.08. The van der Waals surface area contributed by atoms with Gasteiger partial charge in [-0.1, -0.05) is 12.1 Å². The van der Waals surface area contributed by atoms with E-state index in [1.165, 1.54) is 0 Å². The van der Waals surface area contributed by atoms with E-state index in [-0.39, 0.29) is 5.82 Å². The van der Waals surface area contributed by atoms with Crippen LogP contribution in [-0.4, -0.2) is 31.4 Å². The number of nitrogens with two attached hydrogens (primary N) is 1. The number of hydrogen-bond donors (Lipinski definition) is 1. The Labute approximate surface area is 102 Å². The molecule has 0 aromatic carbocycles.